The maximum Gasteiger partial charge on any atom is 0.256 e. The zero-order valence-electron chi connectivity index (χ0n) is 17.2. The largest absolute Gasteiger partial charge is 0.326 e. The Labute approximate surface area is 176 Å². The van der Waals surface area contributed by atoms with Crippen LogP contribution in [0.15, 0.2) is 72.8 Å². The van der Waals surface area contributed by atoms with Crippen LogP contribution < -0.4 is 10.6 Å². The van der Waals surface area contributed by atoms with E-state index in [-0.39, 0.29) is 23.5 Å². The van der Waals surface area contributed by atoms with Crippen LogP contribution in [0.4, 0.5) is 11.4 Å². The van der Waals surface area contributed by atoms with Crippen LogP contribution in [0.2, 0.25) is 0 Å². The quantitative estimate of drug-likeness (QED) is 0.567. The summed E-state index contributed by atoms with van der Waals surface area (Å²) < 4.78 is 0. The molecule has 0 radical (unpaired) electrons. The molecule has 2 N–H and O–H groups in total. The fourth-order valence-electron chi connectivity index (χ4n) is 2.86. The Balaban J connectivity index is 1.77. The average molecular weight is 400 g/mol. The van der Waals surface area contributed by atoms with Gasteiger partial charge in [-0.05, 0) is 37.3 Å². The Hall–Kier alpha value is -3.73. The SMILES string of the molecule is Cc1ccc(C(=O)c2ccccc2C(=O)Nc2ccc(NC(=O)C(C)C)cc2)cc1. The Bertz CT molecular complexity index is 1070. The van der Waals surface area contributed by atoms with E-state index >= 15 is 0 Å². The first-order valence-corrected chi connectivity index (χ1v) is 9.78. The van der Waals surface area contributed by atoms with Crippen molar-refractivity contribution in [2.45, 2.75) is 20.8 Å². The zero-order chi connectivity index (χ0) is 21.7. The lowest BCUT2D eigenvalue weighted by Crippen LogP contribution is -2.18. The molecule has 0 saturated carbocycles. The zero-order valence-corrected chi connectivity index (χ0v) is 17.2. The number of amides is 2. The van der Waals surface area contributed by atoms with Crippen LogP contribution in [-0.2, 0) is 4.79 Å². The van der Waals surface area contributed by atoms with E-state index in [1.165, 1.54) is 0 Å². The topological polar surface area (TPSA) is 75.3 Å². The minimum atomic E-state index is -0.370. The summed E-state index contributed by atoms with van der Waals surface area (Å²) in [6.07, 6.45) is 0. The number of rotatable bonds is 6. The first-order chi connectivity index (χ1) is 14.3. The molecule has 0 heterocycles. The van der Waals surface area contributed by atoms with Crippen LogP contribution in [0.25, 0.3) is 0 Å². The fourth-order valence-corrected chi connectivity index (χ4v) is 2.86. The van der Waals surface area contributed by atoms with Crippen molar-refractivity contribution in [3.05, 3.63) is 95.1 Å². The highest BCUT2D eigenvalue weighted by Gasteiger charge is 2.18. The van der Waals surface area contributed by atoms with Gasteiger partial charge in [-0.3, -0.25) is 14.4 Å². The summed E-state index contributed by atoms with van der Waals surface area (Å²) in [6.45, 7) is 5.59. The van der Waals surface area contributed by atoms with E-state index in [9.17, 15) is 14.4 Å². The van der Waals surface area contributed by atoms with Crippen molar-refractivity contribution in [2.75, 3.05) is 10.6 Å². The Morgan fingerprint density at radius 1 is 0.700 bits per heavy atom. The third-order valence-corrected chi connectivity index (χ3v) is 4.66. The Morgan fingerprint density at radius 2 is 1.23 bits per heavy atom. The van der Waals surface area contributed by atoms with Gasteiger partial charge < -0.3 is 10.6 Å². The number of nitrogens with one attached hydrogen (secondary N) is 2. The molecular weight excluding hydrogens is 376 g/mol. The second-order valence-electron chi connectivity index (χ2n) is 7.42. The van der Waals surface area contributed by atoms with Gasteiger partial charge in [0, 0.05) is 28.4 Å². The monoisotopic (exact) mass is 400 g/mol. The van der Waals surface area contributed by atoms with E-state index in [0.717, 1.165) is 5.56 Å². The molecule has 5 heteroatoms. The van der Waals surface area contributed by atoms with Crippen LogP contribution in [0.3, 0.4) is 0 Å². The van der Waals surface area contributed by atoms with Crippen molar-refractivity contribution in [1.82, 2.24) is 0 Å². The predicted molar refractivity (Wildman–Crippen MR) is 119 cm³/mol. The second kappa shape index (κ2) is 9.18. The van der Waals surface area contributed by atoms with E-state index < -0.39 is 0 Å². The van der Waals surface area contributed by atoms with Crippen LogP contribution in [-0.4, -0.2) is 17.6 Å². The minimum Gasteiger partial charge on any atom is -0.326 e. The molecule has 0 aliphatic carbocycles. The lowest BCUT2D eigenvalue weighted by Gasteiger charge is -2.11. The van der Waals surface area contributed by atoms with Gasteiger partial charge in [-0.2, -0.15) is 0 Å². The molecule has 0 fully saturated rings. The van der Waals surface area contributed by atoms with Crippen molar-refractivity contribution in [3.8, 4) is 0 Å². The lowest BCUT2D eigenvalue weighted by molar-refractivity contribution is -0.118. The summed E-state index contributed by atoms with van der Waals surface area (Å²) in [5.74, 6) is -0.764. The summed E-state index contributed by atoms with van der Waals surface area (Å²) >= 11 is 0. The van der Waals surface area contributed by atoms with Crippen LogP contribution in [0.1, 0.15) is 45.7 Å². The highest BCUT2D eigenvalue weighted by atomic mass is 16.2. The van der Waals surface area contributed by atoms with Gasteiger partial charge in [0.15, 0.2) is 5.78 Å². The fraction of sp³-hybridized carbons (Fsp3) is 0.160. The molecule has 0 saturated heterocycles. The molecule has 0 aromatic heterocycles. The minimum absolute atomic E-state index is 0.0738. The third-order valence-electron chi connectivity index (χ3n) is 4.66. The molecular formula is C25H24N2O3. The molecule has 152 valence electrons. The van der Waals surface area contributed by atoms with Crippen LogP contribution >= 0.6 is 0 Å². The van der Waals surface area contributed by atoms with Gasteiger partial charge >= 0.3 is 0 Å². The number of carbonyl (C=O) groups is 3. The maximum absolute atomic E-state index is 12.9. The number of aryl methyl sites for hydroxylation is 1. The summed E-state index contributed by atoms with van der Waals surface area (Å²) in [4.78, 5) is 37.5. The van der Waals surface area contributed by atoms with E-state index in [1.54, 1.807) is 60.7 Å². The standard InChI is InChI=1S/C25H24N2O3/c1-16(2)24(29)26-19-12-14-20(15-13-19)27-25(30)22-7-5-4-6-21(22)23(28)18-10-8-17(3)9-11-18/h4-16H,1-3H3,(H,26,29)(H,27,30). The Morgan fingerprint density at radius 3 is 1.80 bits per heavy atom. The first kappa shape index (κ1) is 21.0. The average Bonchev–Trinajstić information content (AvgIpc) is 2.75. The maximum atomic E-state index is 12.9. The van der Waals surface area contributed by atoms with Gasteiger partial charge in [0.2, 0.25) is 5.91 Å². The van der Waals surface area contributed by atoms with Crippen molar-refractivity contribution < 1.29 is 14.4 Å². The molecule has 2 amide bonds. The van der Waals surface area contributed by atoms with Gasteiger partial charge in [-0.1, -0.05) is 61.9 Å². The molecule has 3 aromatic carbocycles. The van der Waals surface area contributed by atoms with E-state index in [1.807, 2.05) is 32.9 Å². The van der Waals surface area contributed by atoms with Crippen molar-refractivity contribution >= 4 is 29.0 Å². The number of hydrogen-bond donors (Lipinski definition) is 2. The Kier molecular flexibility index (Phi) is 6.42. The molecule has 0 spiro atoms. The normalized spacial score (nSPS) is 10.5. The summed E-state index contributed by atoms with van der Waals surface area (Å²) in [5.41, 5.74) is 3.47. The highest BCUT2D eigenvalue weighted by molar-refractivity contribution is 6.17. The third kappa shape index (κ3) is 5.00. The molecule has 0 unspecified atom stereocenters. The van der Waals surface area contributed by atoms with Crippen molar-refractivity contribution in [1.29, 1.82) is 0 Å². The summed E-state index contributed by atoms with van der Waals surface area (Å²) in [6, 6.07) is 20.9. The van der Waals surface area contributed by atoms with E-state index in [4.69, 9.17) is 0 Å². The number of benzene rings is 3. The first-order valence-electron chi connectivity index (χ1n) is 9.78. The van der Waals surface area contributed by atoms with Gasteiger partial charge in [0.25, 0.3) is 5.91 Å². The predicted octanol–water partition coefficient (Wildman–Crippen LogP) is 5.07. The number of carbonyl (C=O) groups excluding carboxylic acids is 3. The van der Waals surface area contributed by atoms with Crippen LogP contribution in [0.5, 0.6) is 0 Å². The highest BCUT2D eigenvalue weighted by Crippen LogP contribution is 2.19. The number of ketones is 1. The van der Waals surface area contributed by atoms with Gasteiger partial charge in [0.1, 0.15) is 0 Å². The van der Waals surface area contributed by atoms with Crippen LogP contribution in [0, 0.1) is 12.8 Å². The number of hydrogen-bond acceptors (Lipinski definition) is 3. The summed E-state index contributed by atoms with van der Waals surface area (Å²) in [7, 11) is 0. The molecule has 0 atom stereocenters. The molecule has 0 bridgehead atoms. The molecule has 5 nitrogen and oxygen atoms in total. The van der Waals surface area contributed by atoms with Crippen molar-refractivity contribution in [2.24, 2.45) is 5.92 Å². The molecule has 3 rings (SSSR count). The van der Waals surface area contributed by atoms with Gasteiger partial charge in [-0.15, -0.1) is 0 Å². The van der Waals surface area contributed by atoms with Gasteiger partial charge in [0.05, 0.1) is 5.56 Å². The lowest BCUT2D eigenvalue weighted by atomic mass is 9.97. The van der Waals surface area contributed by atoms with E-state index in [0.29, 0.717) is 28.1 Å². The van der Waals surface area contributed by atoms with E-state index in [2.05, 4.69) is 10.6 Å². The summed E-state index contributed by atoms with van der Waals surface area (Å²) in [5, 5.41) is 5.62. The number of anilines is 2. The molecule has 0 aliphatic rings. The smallest absolute Gasteiger partial charge is 0.256 e. The van der Waals surface area contributed by atoms with Crippen molar-refractivity contribution in [3.63, 3.8) is 0 Å². The molecule has 3 aromatic rings. The van der Waals surface area contributed by atoms with Gasteiger partial charge in [-0.25, -0.2) is 0 Å². The molecule has 30 heavy (non-hydrogen) atoms. The second-order valence-corrected chi connectivity index (χ2v) is 7.42. The molecule has 0 aliphatic heterocycles.